The van der Waals surface area contributed by atoms with Crippen LogP contribution in [0.4, 0.5) is 4.39 Å². The van der Waals surface area contributed by atoms with Gasteiger partial charge < -0.3 is 5.32 Å². The molecule has 0 spiro atoms. The van der Waals surface area contributed by atoms with Crippen molar-refractivity contribution in [2.75, 3.05) is 24.6 Å². The van der Waals surface area contributed by atoms with Crippen molar-refractivity contribution in [3.8, 4) is 0 Å². The highest BCUT2D eigenvalue weighted by Gasteiger charge is 2.25. The third-order valence-corrected chi connectivity index (χ3v) is 5.13. The first-order valence-corrected chi connectivity index (χ1v) is 8.56. The number of thiocarbonyl (C=S) groups is 1. The van der Waals surface area contributed by atoms with Crippen molar-refractivity contribution in [1.82, 2.24) is 10.2 Å². The summed E-state index contributed by atoms with van der Waals surface area (Å²) in [7, 11) is 0. The summed E-state index contributed by atoms with van der Waals surface area (Å²) in [5, 5.41) is 2.74. The van der Waals surface area contributed by atoms with Crippen molar-refractivity contribution in [3.05, 3.63) is 30.1 Å². The van der Waals surface area contributed by atoms with Gasteiger partial charge in [-0.1, -0.05) is 24.0 Å². The second-order valence-corrected chi connectivity index (χ2v) is 6.85. The van der Waals surface area contributed by atoms with E-state index in [-0.39, 0.29) is 23.4 Å². The fraction of sp³-hybridized carbons (Fsp3) is 0.308. The lowest BCUT2D eigenvalue weighted by atomic mass is 10.4. The lowest BCUT2D eigenvalue weighted by Gasteiger charge is -2.14. The van der Waals surface area contributed by atoms with Gasteiger partial charge in [-0.25, -0.2) is 4.39 Å². The van der Waals surface area contributed by atoms with Gasteiger partial charge in [-0.3, -0.25) is 14.5 Å². The molecule has 1 aliphatic rings. The fourth-order valence-corrected chi connectivity index (χ4v) is 3.48. The van der Waals surface area contributed by atoms with Crippen molar-refractivity contribution in [1.29, 1.82) is 0 Å². The van der Waals surface area contributed by atoms with Crippen molar-refractivity contribution in [3.63, 3.8) is 0 Å². The third kappa shape index (κ3) is 4.98. The van der Waals surface area contributed by atoms with E-state index in [1.54, 1.807) is 12.1 Å². The molecule has 1 aromatic carbocycles. The Morgan fingerprint density at radius 2 is 2.14 bits per heavy atom. The highest BCUT2D eigenvalue weighted by molar-refractivity contribution is 8.23. The summed E-state index contributed by atoms with van der Waals surface area (Å²) < 4.78 is 13.3. The number of nitrogens with one attached hydrogen (secondary N) is 1. The van der Waals surface area contributed by atoms with Gasteiger partial charge in [-0.05, 0) is 24.3 Å². The van der Waals surface area contributed by atoms with E-state index in [0.717, 1.165) is 4.90 Å². The number of rotatable bonds is 6. The Kier molecular flexibility index (Phi) is 6.01. The lowest BCUT2D eigenvalue weighted by Crippen LogP contribution is -2.37. The zero-order valence-electron chi connectivity index (χ0n) is 11.0. The Morgan fingerprint density at radius 3 is 2.76 bits per heavy atom. The maximum absolute atomic E-state index is 12.7. The summed E-state index contributed by atoms with van der Waals surface area (Å²) >= 11 is 7.72. The molecule has 0 radical (unpaired) electrons. The number of benzene rings is 1. The molecule has 112 valence electrons. The fourth-order valence-electron chi connectivity index (χ4n) is 1.63. The Hall–Kier alpha value is -1.12. The number of thioether (sulfide) groups is 2. The average molecular weight is 344 g/mol. The van der Waals surface area contributed by atoms with Crippen molar-refractivity contribution in [2.45, 2.75) is 4.90 Å². The van der Waals surface area contributed by atoms with Gasteiger partial charge in [0, 0.05) is 18.0 Å². The van der Waals surface area contributed by atoms with Crippen LogP contribution in [0.1, 0.15) is 0 Å². The number of halogens is 1. The second kappa shape index (κ2) is 7.77. The van der Waals surface area contributed by atoms with Crippen LogP contribution in [0.5, 0.6) is 0 Å². The SMILES string of the molecule is O=C(CSc1ccc(F)cc1)NCCN1C(=O)CSC1=S. The van der Waals surface area contributed by atoms with Crippen LogP contribution in [0.15, 0.2) is 29.2 Å². The molecular weight excluding hydrogens is 331 g/mol. The molecule has 0 atom stereocenters. The summed E-state index contributed by atoms with van der Waals surface area (Å²) in [6.45, 7) is 0.771. The molecule has 0 saturated carbocycles. The molecule has 1 saturated heterocycles. The maximum atomic E-state index is 12.7. The smallest absolute Gasteiger partial charge is 0.238 e. The van der Waals surface area contributed by atoms with Gasteiger partial charge in [0.2, 0.25) is 11.8 Å². The minimum absolute atomic E-state index is 0.0139. The maximum Gasteiger partial charge on any atom is 0.238 e. The van der Waals surface area contributed by atoms with E-state index in [1.807, 2.05) is 0 Å². The molecule has 1 N–H and O–H groups in total. The number of carbonyl (C=O) groups is 2. The van der Waals surface area contributed by atoms with Crippen LogP contribution in [0.3, 0.4) is 0 Å². The van der Waals surface area contributed by atoms with Crippen LogP contribution in [0.25, 0.3) is 0 Å². The zero-order valence-corrected chi connectivity index (χ0v) is 13.5. The number of nitrogens with zero attached hydrogens (tertiary/aromatic N) is 1. The molecule has 21 heavy (non-hydrogen) atoms. The molecular formula is C13H13FN2O2S3. The van der Waals surface area contributed by atoms with E-state index in [2.05, 4.69) is 5.32 Å². The monoisotopic (exact) mass is 344 g/mol. The quantitative estimate of drug-likeness (QED) is 0.631. The van der Waals surface area contributed by atoms with Crippen LogP contribution >= 0.6 is 35.7 Å². The molecule has 0 aliphatic carbocycles. The highest BCUT2D eigenvalue weighted by Crippen LogP contribution is 2.19. The molecule has 1 aromatic rings. The van der Waals surface area contributed by atoms with Gasteiger partial charge in [0.05, 0.1) is 11.5 Å². The highest BCUT2D eigenvalue weighted by atomic mass is 32.2. The van der Waals surface area contributed by atoms with Gasteiger partial charge in [0.25, 0.3) is 0 Å². The predicted octanol–water partition coefficient (Wildman–Crippen LogP) is 1.89. The average Bonchev–Trinajstić information content (AvgIpc) is 2.78. The van der Waals surface area contributed by atoms with Gasteiger partial charge in [-0.15, -0.1) is 11.8 Å². The van der Waals surface area contributed by atoms with Crippen LogP contribution in [-0.2, 0) is 9.59 Å². The van der Waals surface area contributed by atoms with Gasteiger partial charge in [0.15, 0.2) is 0 Å². The van der Waals surface area contributed by atoms with E-state index >= 15 is 0 Å². The van der Waals surface area contributed by atoms with Gasteiger partial charge >= 0.3 is 0 Å². The summed E-state index contributed by atoms with van der Waals surface area (Å²) in [5.74, 6) is 0.189. The van der Waals surface area contributed by atoms with Gasteiger partial charge in [-0.2, -0.15) is 0 Å². The molecule has 2 amide bonds. The Labute approximate surface area is 135 Å². The third-order valence-electron chi connectivity index (χ3n) is 2.68. The van der Waals surface area contributed by atoms with Crippen LogP contribution in [0.2, 0.25) is 0 Å². The minimum Gasteiger partial charge on any atom is -0.354 e. The topological polar surface area (TPSA) is 49.4 Å². The van der Waals surface area contributed by atoms with Crippen LogP contribution < -0.4 is 5.32 Å². The van der Waals surface area contributed by atoms with E-state index in [9.17, 15) is 14.0 Å². The van der Waals surface area contributed by atoms with E-state index in [4.69, 9.17) is 12.2 Å². The molecule has 2 rings (SSSR count). The van der Waals surface area contributed by atoms with Crippen molar-refractivity contribution < 1.29 is 14.0 Å². The van der Waals surface area contributed by atoms with E-state index in [1.165, 1.54) is 40.6 Å². The number of amides is 2. The summed E-state index contributed by atoms with van der Waals surface area (Å²) in [5.41, 5.74) is 0. The number of hydrogen-bond acceptors (Lipinski definition) is 5. The van der Waals surface area contributed by atoms with Crippen LogP contribution in [-0.4, -0.2) is 45.6 Å². The first kappa shape index (κ1) is 16.3. The number of hydrogen-bond donors (Lipinski definition) is 1. The predicted molar refractivity (Wildman–Crippen MR) is 86.9 cm³/mol. The summed E-state index contributed by atoms with van der Waals surface area (Å²) in [6, 6.07) is 5.98. The summed E-state index contributed by atoms with van der Waals surface area (Å²) in [4.78, 5) is 25.5. The van der Waals surface area contributed by atoms with Crippen LogP contribution in [0, 0.1) is 5.82 Å². The Bertz CT molecular complexity index is 535. The molecule has 4 nitrogen and oxygen atoms in total. The molecule has 0 aromatic heterocycles. The summed E-state index contributed by atoms with van der Waals surface area (Å²) in [6.07, 6.45) is 0. The molecule has 1 aliphatic heterocycles. The molecule has 8 heteroatoms. The minimum atomic E-state index is -0.298. The number of carbonyl (C=O) groups excluding carboxylic acids is 2. The van der Waals surface area contributed by atoms with Crippen molar-refractivity contribution >= 4 is 51.9 Å². The van der Waals surface area contributed by atoms with Gasteiger partial charge in [0.1, 0.15) is 10.1 Å². The lowest BCUT2D eigenvalue weighted by molar-refractivity contribution is -0.124. The molecule has 1 heterocycles. The Balaban J connectivity index is 1.67. The standard InChI is InChI=1S/C13H13FN2O2S3/c14-9-1-3-10(4-2-9)20-7-11(17)15-5-6-16-12(18)8-21-13(16)19/h1-4H,5-8H2,(H,15,17). The molecule has 0 bridgehead atoms. The second-order valence-electron chi connectivity index (χ2n) is 4.19. The van der Waals surface area contributed by atoms with E-state index < -0.39 is 0 Å². The zero-order chi connectivity index (χ0) is 15.2. The largest absolute Gasteiger partial charge is 0.354 e. The Morgan fingerprint density at radius 1 is 1.43 bits per heavy atom. The van der Waals surface area contributed by atoms with E-state index in [0.29, 0.717) is 23.2 Å². The first-order chi connectivity index (χ1) is 10.1. The normalized spacial score (nSPS) is 14.6. The van der Waals surface area contributed by atoms with Crippen molar-refractivity contribution in [2.24, 2.45) is 0 Å². The first-order valence-electron chi connectivity index (χ1n) is 6.18. The molecule has 1 fully saturated rings. The molecule has 0 unspecified atom stereocenters.